The zero-order valence-corrected chi connectivity index (χ0v) is 11.0. The average molecular weight is 303 g/mol. The first-order valence-corrected chi connectivity index (χ1v) is 8.26. The zero-order valence-electron chi connectivity index (χ0n) is 9.36. The first-order chi connectivity index (χ1) is 7.93. The molecule has 0 aromatic carbocycles. The Morgan fingerprint density at radius 1 is 1.11 bits per heavy atom. The minimum atomic E-state index is -4.18. The van der Waals surface area contributed by atoms with E-state index in [4.69, 9.17) is 10.2 Å². The lowest BCUT2D eigenvalue weighted by Gasteiger charge is -2.12. The lowest BCUT2D eigenvalue weighted by Crippen LogP contribution is -2.43. The Hall–Kier alpha value is -1.20. The van der Waals surface area contributed by atoms with Gasteiger partial charge in [-0.2, -0.15) is 0 Å². The van der Waals surface area contributed by atoms with Gasteiger partial charge in [0, 0.05) is 6.26 Å². The van der Waals surface area contributed by atoms with Crippen LogP contribution in [0.4, 0.5) is 0 Å². The second kappa shape index (κ2) is 6.11. The molecular weight excluding hydrogens is 290 g/mol. The van der Waals surface area contributed by atoms with Crippen LogP contribution in [0.2, 0.25) is 0 Å². The van der Waals surface area contributed by atoms with Crippen LogP contribution in [0.5, 0.6) is 0 Å². The highest BCUT2D eigenvalue weighted by atomic mass is 32.2. The van der Waals surface area contributed by atoms with Crippen molar-refractivity contribution in [3.63, 3.8) is 0 Å². The van der Waals surface area contributed by atoms with Crippen molar-refractivity contribution in [1.29, 1.82) is 0 Å². The van der Waals surface area contributed by atoms with E-state index < -0.39 is 55.8 Å². The summed E-state index contributed by atoms with van der Waals surface area (Å²) in [6, 6.07) is -1.83. The molecule has 106 valence electrons. The molecule has 0 aromatic heterocycles. The minimum absolute atomic E-state index is 0.679. The molecule has 1 atom stereocenters. The number of sulfonamides is 1. The molecule has 0 aliphatic heterocycles. The third kappa shape index (κ3) is 7.97. The van der Waals surface area contributed by atoms with Gasteiger partial charge < -0.3 is 10.2 Å². The molecule has 0 aliphatic carbocycles. The summed E-state index contributed by atoms with van der Waals surface area (Å²) in [7, 11) is -7.70. The van der Waals surface area contributed by atoms with Gasteiger partial charge in [0.15, 0.2) is 0 Å². The van der Waals surface area contributed by atoms with E-state index in [-0.39, 0.29) is 0 Å². The fourth-order valence-corrected chi connectivity index (χ4v) is 3.71. The molecular formula is C7H13NO8S2. The molecule has 0 bridgehead atoms. The van der Waals surface area contributed by atoms with Gasteiger partial charge in [-0.3, -0.25) is 9.59 Å². The normalized spacial score (nSPS) is 14.1. The Labute approximate surface area is 104 Å². The molecule has 0 aromatic rings. The molecule has 9 nitrogen and oxygen atoms in total. The van der Waals surface area contributed by atoms with E-state index in [9.17, 15) is 26.4 Å². The van der Waals surface area contributed by atoms with Crippen LogP contribution in [0.1, 0.15) is 6.42 Å². The van der Waals surface area contributed by atoms with Gasteiger partial charge >= 0.3 is 11.9 Å². The Balaban J connectivity index is 4.72. The fraction of sp³-hybridized carbons (Fsp3) is 0.714. The maximum atomic E-state index is 11.3. The molecule has 3 N–H and O–H groups in total. The summed E-state index contributed by atoms with van der Waals surface area (Å²) in [6.07, 6.45) is -0.109. The number of hydrogen-bond acceptors (Lipinski definition) is 6. The van der Waals surface area contributed by atoms with E-state index in [0.29, 0.717) is 0 Å². The van der Waals surface area contributed by atoms with Crippen molar-refractivity contribution in [2.24, 2.45) is 0 Å². The molecule has 1 unspecified atom stereocenters. The predicted octanol–water partition coefficient (Wildman–Crippen LogP) is -2.12. The summed E-state index contributed by atoms with van der Waals surface area (Å²) in [4.78, 5) is 20.9. The average Bonchev–Trinajstić information content (AvgIpc) is 2.11. The van der Waals surface area contributed by atoms with Gasteiger partial charge in [0.25, 0.3) is 0 Å². The van der Waals surface area contributed by atoms with Crippen molar-refractivity contribution in [2.75, 3.05) is 17.8 Å². The monoisotopic (exact) mass is 303 g/mol. The second-order valence-electron chi connectivity index (χ2n) is 3.56. The van der Waals surface area contributed by atoms with E-state index in [1.807, 2.05) is 0 Å². The van der Waals surface area contributed by atoms with Crippen LogP contribution in [0, 0.1) is 0 Å². The van der Waals surface area contributed by atoms with Gasteiger partial charge in [-0.05, 0) is 0 Å². The molecule has 0 heterocycles. The maximum Gasteiger partial charge on any atom is 0.322 e. The van der Waals surface area contributed by atoms with Crippen LogP contribution in [-0.2, 0) is 29.4 Å². The Morgan fingerprint density at radius 3 is 1.94 bits per heavy atom. The molecule has 0 aliphatic rings. The number of carboxylic acids is 2. The smallest absolute Gasteiger partial charge is 0.322 e. The summed E-state index contributed by atoms with van der Waals surface area (Å²) in [6.45, 7) is 0. The predicted molar refractivity (Wildman–Crippen MR) is 60.3 cm³/mol. The molecule has 0 rings (SSSR count). The van der Waals surface area contributed by atoms with Crippen molar-refractivity contribution in [3.8, 4) is 0 Å². The molecule has 0 fully saturated rings. The van der Waals surface area contributed by atoms with Crippen LogP contribution in [0.25, 0.3) is 0 Å². The Kier molecular flexibility index (Phi) is 5.70. The van der Waals surface area contributed by atoms with Crippen LogP contribution in [-0.4, -0.2) is 62.8 Å². The standard InChI is InChI=1S/C7H13NO8S2/c1-17(13,14)2-3-18(15,16)8-5(7(11)12)4-6(9)10/h5,8H,2-4H2,1H3,(H,9,10)(H,11,12). The topological polar surface area (TPSA) is 155 Å². The molecule has 18 heavy (non-hydrogen) atoms. The van der Waals surface area contributed by atoms with E-state index in [1.54, 1.807) is 4.72 Å². The van der Waals surface area contributed by atoms with Crippen molar-refractivity contribution < 1.29 is 36.6 Å². The number of nitrogens with one attached hydrogen (secondary N) is 1. The SMILES string of the molecule is CS(=O)(=O)CCS(=O)(=O)NC(CC(=O)O)C(=O)O. The van der Waals surface area contributed by atoms with Gasteiger partial charge in [0.2, 0.25) is 10.0 Å². The first kappa shape index (κ1) is 16.8. The molecule has 0 spiro atoms. The number of sulfone groups is 1. The lowest BCUT2D eigenvalue weighted by molar-refractivity contribution is -0.145. The molecule has 0 saturated carbocycles. The number of carbonyl (C=O) groups is 2. The van der Waals surface area contributed by atoms with Crippen molar-refractivity contribution >= 4 is 31.8 Å². The molecule has 11 heteroatoms. The van der Waals surface area contributed by atoms with E-state index in [2.05, 4.69) is 0 Å². The Bertz CT molecular complexity index is 520. The van der Waals surface area contributed by atoms with Gasteiger partial charge in [0.05, 0.1) is 17.9 Å². The number of hydrogen-bond donors (Lipinski definition) is 3. The van der Waals surface area contributed by atoms with Gasteiger partial charge in [-0.25, -0.2) is 21.6 Å². The van der Waals surface area contributed by atoms with Gasteiger partial charge in [-0.15, -0.1) is 0 Å². The summed E-state index contributed by atoms with van der Waals surface area (Å²) < 4.78 is 45.9. The second-order valence-corrected chi connectivity index (χ2v) is 7.69. The van der Waals surface area contributed by atoms with E-state index in [1.165, 1.54) is 0 Å². The lowest BCUT2D eigenvalue weighted by atomic mass is 10.2. The summed E-state index contributed by atoms with van der Waals surface area (Å²) >= 11 is 0. The highest BCUT2D eigenvalue weighted by Crippen LogP contribution is 1.98. The third-order valence-corrected chi connectivity index (χ3v) is 4.31. The van der Waals surface area contributed by atoms with E-state index >= 15 is 0 Å². The first-order valence-electron chi connectivity index (χ1n) is 4.55. The number of aliphatic carboxylic acids is 2. The van der Waals surface area contributed by atoms with Gasteiger partial charge in [0.1, 0.15) is 15.9 Å². The molecule has 0 saturated heterocycles. The minimum Gasteiger partial charge on any atom is -0.481 e. The molecule has 0 radical (unpaired) electrons. The Morgan fingerprint density at radius 2 is 1.61 bits per heavy atom. The maximum absolute atomic E-state index is 11.3. The number of carboxylic acid groups (broad SMARTS) is 2. The van der Waals surface area contributed by atoms with Crippen molar-refractivity contribution in [1.82, 2.24) is 4.72 Å². The van der Waals surface area contributed by atoms with Crippen molar-refractivity contribution in [3.05, 3.63) is 0 Å². The third-order valence-electron chi connectivity index (χ3n) is 1.72. The molecule has 0 amide bonds. The zero-order chi connectivity index (χ0) is 14.6. The van der Waals surface area contributed by atoms with Crippen LogP contribution in [0.3, 0.4) is 0 Å². The van der Waals surface area contributed by atoms with E-state index in [0.717, 1.165) is 6.26 Å². The van der Waals surface area contributed by atoms with Gasteiger partial charge in [-0.1, -0.05) is 0 Å². The van der Waals surface area contributed by atoms with Crippen molar-refractivity contribution in [2.45, 2.75) is 12.5 Å². The van der Waals surface area contributed by atoms with Crippen LogP contribution < -0.4 is 4.72 Å². The summed E-state index contributed by atoms with van der Waals surface area (Å²) in [5, 5.41) is 17.0. The summed E-state index contributed by atoms with van der Waals surface area (Å²) in [5.41, 5.74) is 0. The highest BCUT2D eigenvalue weighted by Gasteiger charge is 2.26. The fourth-order valence-electron chi connectivity index (χ4n) is 0.891. The highest BCUT2D eigenvalue weighted by molar-refractivity contribution is 7.93. The van der Waals surface area contributed by atoms with Crippen LogP contribution in [0.15, 0.2) is 0 Å². The summed E-state index contributed by atoms with van der Waals surface area (Å²) in [5.74, 6) is -4.65. The van der Waals surface area contributed by atoms with Crippen LogP contribution >= 0.6 is 0 Å². The number of rotatable bonds is 8. The quantitative estimate of drug-likeness (QED) is 0.459. The largest absolute Gasteiger partial charge is 0.481 e.